The van der Waals surface area contributed by atoms with E-state index < -0.39 is 27.9 Å². The van der Waals surface area contributed by atoms with Gasteiger partial charge in [-0.05, 0) is 30.3 Å². The van der Waals surface area contributed by atoms with E-state index in [-0.39, 0.29) is 28.5 Å². The van der Waals surface area contributed by atoms with Crippen LogP contribution in [0.3, 0.4) is 0 Å². The van der Waals surface area contributed by atoms with Crippen molar-refractivity contribution in [3.63, 3.8) is 0 Å². The van der Waals surface area contributed by atoms with Crippen molar-refractivity contribution in [3.8, 4) is 0 Å². The average Bonchev–Trinajstić information content (AvgIpc) is 3.40. The topological polar surface area (TPSA) is 209 Å². The molecule has 0 radical (unpaired) electrons. The summed E-state index contributed by atoms with van der Waals surface area (Å²) >= 11 is 0. The molecule has 3 rings (SSSR count). The molecule has 0 spiro atoms. The second-order valence-corrected chi connectivity index (χ2v) is 6.39. The van der Waals surface area contributed by atoms with E-state index in [1.165, 1.54) is 18.5 Å². The lowest BCUT2D eigenvalue weighted by atomic mass is 10.2. The molecule has 2 aromatic carbocycles. The summed E-state index contributed by atoms with van der Waals surface area (Å²) in [6.45, 7) is 0. The third-order valence-corrected chi connectivity index (χ3v) is 4.09. The highest BCUT2D eigenvalue weighted by Crippen LogP contribution is 2.13. The minimum Gasteiger partial charge on any atom is -0.360 e. The standard InChI is InChI=1S/C20H12N6O10/c27-17(13-2-6-15(7-3-13)25(30)31)35-20(29)23-19(24-11-1-10-22-24)21-12-34-36-18(28)14-4-8-16(9-5-14)26(32)33/h1-12H/p+1. The second kappa shape index (κ2) is 11.3. The van der Waals surface area contributed by atoms with Crippen molar-refractivity contribution >= 4 is 41.8 Å². The molecule has 0 aliphatic heterocycles. The fourth-order valence-corrected chi connectivity index (χ4v) is 2.43. The van der Waals surface area contributed by atoms with Crippen molar-refractivity contribution in [2.45, 2.75) is 0 Å². The number of non-ortho nitro benzene ring substituents is 2. The van der Waals surface area contributed by atoms with Crippen molar-refractivity contribution < 1.29 is 38.7 Å². The summed E-state index contributed by atoms with van der Waals surface area (Å²) in [4.78, 5) is 65.3. The monoisotopic (exact) mass is 497 g/mol. The van der Waals surface area contributed by atoms with Crippen LogP contribution in [-0.2, 0) is 14.5 Å². The molecule has 0 unspecified atom stereocenters. The van der Waals surface area contributed by atoms with Gasteiger partial charge in [-0.2, -0.15) is 9.98 Å². The molecular weight excluding hydrogens is 484 g/mol. The normalized spacial score (nSPS) is 9.78. The van der Waals surface area contributed by atoms with Gasteiger partial charge in [0.1, 0.15) is 0 Å². The van der Waals surface area contributed by atoms with Crippen LogP contribution in [0.15, 0.2) is 67.0 Å². The van der Waals surface area contributed by atoms with Gasteiger partial charge in [-0.1, -0.05) is 0 Å². The first-order chi connectivity index (χ1) is 17.2. The maximum Gasteiger partial charge on any atom is 0.485 e. The summed E-state index contributed by atoms with van der Waals surface area (Å²) in [7, 11) is 0. The number of nitro benzene ring substituents is 2. The number of carbonyl (C=O) groups is 3. The molecule has 16 heteroatoms. The Labute approximate surface area is 199 Å². The van der Waals surface area contributed by atoms with Gasteiger partial charge >= 0.3 is 30.4 Å². The number of benzene rings is 2. The van der Waals surface area contributed by atoms with Crippen LogP contribution in [0.1, 0.15) is 20.7 Å². The van der Waals surface area contributed by atoms with Crippen LogP contribution in [0.25, 0.3) is 0 Å². The summed E-state index contributed by atoms with van der Waals surface area (Å²) in [6, 6.07) is 10.3. The molecule has 1 heterocycles. The highest BCUT2D eigenvalue weighted by atomic mass is 17.2. The Morgan fingerprint density at radius 3 is 1.97 bits per heavy atom. The zero-order chi connectivity index (χ0) is 26.1. The fraction of sp³-hybridized carbons (Fsp3) is 0. The van der Waals surface area contributed by atoms with E-state index in [1.54, 1.807) is 0 Å². The van der Waals surface area contributed by atoms with Crippen molar-refractivity contribution in [2.75, 3.05) is 0 Å². The van der Waals surface area contributed by atoms with E-state index in [9.17, 15) is 34.6 Å². The highest BCUT2D eigenvalue weighted by molar-refractivity contribution is 6.02. The number of nitrogens with one attached hydrogen (secondary N) is 1. The van der Waals surface area contributed by atoms with Crippen LogP contribution in [0, 0.1) is 20.2 Å². The van der Waals surface area contributed by atoms with Gasteiger partial charge in [-0.3, -0.25) is 20.2 Å². The number of rotatable bonds is 6. The van der Waals surface area contributed by atoms with E-state index in [0.29, 0.717) is 6.40 Å². The first kappa shape index (κ1) is 24.7. The molecule has 36 heavy (non-hydrogen) atoms. The van der Waals surface area contributed by atoms with Gasteiger partial charge in [-0.25, -0.2) is 24.2 Å². The number of carbonyl (C=O) groups excluding carboxylic acids is 3. The Morgan fingerprint density at radius 2 is 1.47 bits per heavy atom. The van der Waals surface area contributed by atoms with Crippen molar-refractivity contribution in [3.05, 3.63) is 98.3 Å². The largest absolute Gasteiger partial charge is 0.485 e. The second-order valence-electron chi connectivity index (χ2n) is 6.39. The summed E-state index contributed by atoms with van der Waals surface area (Å²) in [5, 5.41) is 27.3. The van der Waals surface area contributed by atoms with E-state index in [0.717, 1.165) is 53.2 Å². The minimum absolute atomic E-state index is 0.0447. The first-order valence-corrected chi connectivity index (χ1v) is 9.54. The quantitative estimate of drug-likeness (QED) is 0.0751. The van der Waals surface area contributed by atoms with Crippen LogP contribution in [0.2, 0.25) is 0 Å². The molecule has 0 aliphatic rings. The number of hydrogen-bond donors (Lipinski definition) is 1. The summed E-state index contributed by atoms with van der Waals surface area (Å²) in [5.41, 5.74) is -0.649. The van der Waals surface area contributed by atoms with Gasteiger partial charge in [0.05, 0.1) is 33.4 Å². The molecule has 1 aromatic heterocycles. The smallest absolute Gasteiger partial charge is 0.360 e. The number of esters is 1. The maximum absolute atomic E-state index is 12.1. The van der Waals surface area contributed by atoms with E-state index >= 15 is 0 Å². The molecule has 0 fully saturated rings. The molecule has 1 amide bonds. The fourth-order valence-electron chi connectivity index (χ4n) is 2.43. The molecule has 16 nitrogen and oxygen atoms in total. The highest BCUT2D eigenvalue weighted by Gasteiger charge is 2.23. The lowest BCUT2D eigenvalue weighted by Gasteiger charge is -2.01. The number of aromatic nitrogens is 2. The Morgan fingerprint density at radius 1 is 0.917 bits per heavy atom. The van der Waals surface area contributed by atoms with Gasteiger partial charge < -0.3 is 4.74 Å². The van der Waals surface area contributed by atoms with E-state index in [2.05, 4.69) is 29.6 Å². The van der Waals surface area contributed by atoms with Gasteiger partial charge in [0, 0.05) is 24.3 Å². The molecule has 182 valence electrons. The number of nitrogens with zero attached hydrogens (tertiary/aromatic N) is 5. The molecule has 3 aromatic rings. The van der Waals surface area contributed by atoms with Crippen LogP contribution < -0.4 is 9.98 Å². The number of amides is 1. The summed E-state index contributed by atoms with van der Waals surface area (Å²) < 4.78 is 9.40. The number of alkyl carbamates (subject to hydrolysis) is 1. The SMILES string of the molecule is O=C(NC(=[N+]=COOC(=O)c1ccc([N+](=O)[O-])cc1)n1cccn1)OC(=O)c1ccc([N+](=O)[O-])cc1. The third-order valence-electron chi connectivity index (χ3n) is 4.09. The molecular formula is C20H13N6O10+. The van der Waals surface area contributed by atoms with E-state index in [4.69, 9.17) is 0 Å². The lowest BCUT2D eigenvalue weighted by molar-refractivity contribution is -0.385. The van der Waals surface area contributed by atoms with Crippen LogP contribution in [0.4, 0.5) is 16.2 Å². The first-order valence-electron chi connectivity index (χ1n) is 9.54. The molecule has 0 aliphatic carbocycles. The summed E-state index contributed by atoms with van der Waals surface area (Å²) in [6.07, 6.45) is 2.07. The predicted molar refractivity (Wildman–Crippen MR) is 117 cm³/mol. The van der Waals surface area contributed by atoms with Crippen molar-refractivity contribution in [1.82, 2.24) is 19.8 Å². The third kappa shape index (κ3) is 6.56. The van der Waals surface area contributed by atoms with Crippen LogP contribution >= 0.6 is 0 Å². The zero-order valence-electron chi connectivity index (χ0n) is 17.7. The van der Waals surface area contributed by atoms with Crippen LogP contribution in [-0.4, -0.2) is 50.0 Å². The van der Waals surface area contributed by atoms with Gasteiger partial charge in [-0.15, -0.1) is 9.78 Å². The number of hydrogen-bond acceptors (Lipinski definition) is 11. The molecule has 1 N–H and O–H groups in total. The maximum atomic E-state index is 12.1. The number of nitro groups is 2. The van der Waals surface area contributed by atoms with Gasteiger partial charge in [0.2, 0.25) is 0 Å². The van der Waals surface area contributed by atoms with Crippen molar-refractivity contribution in [1.29, 1.82) is 0 Å². The Hall–Kier alpha value is -5.89. The van der Waals surface area contributed by atoms with E-state index in [1.807, 2.05) is 0 Å². The lowest BCUT2D eigenvalue weighted by Crippen LogP contribution is -2.39. The molecule has 0 saturated heterocycles. The van der Waals surface area contributed by atoms with Crippen molar-refractivity contribution in [2.24, 2.45) is 0 Å². The Bertz CT molecular complexity index is 1360. The Kier molecular flexibility index (Phi) is 7.77. The Balaban J connectivity index is 1.63. The zero-order valence-corrected chi connectivity index (χ0v) is 17.7. The predicted octanol–water partition coefficient (Wildman–Crippen LogP) is 1.35. The molecule has 0 bridgehead atoms. The minimum atomic E-state index is -1.27. The van der Waals surface area contributed by atoms with Gasteiger partial charge in [0.25, 0.3) is 11.4 Å². The average molecular weight is 497 g/mol. The molecule has 0 atom stereocenters. The van der Waals surface area contributed by atoms with Gasteiger partial charge in [0.15, 0.2) is 0 Å². The van der Waals surface area contributed by atoms with Crippen LogP contribution in [0.5, 0.6) is 0 Å². The summed E-state index contributed by atoms with van der Waals surface area (Å²) in [5.74, 6) is -2.41. The number of ether oxygens (including phenoxy) is 1. The molecule has 0 saturated carbocycles.